The second-order valence-electron chi connectivity index (χ2n) is 4.85. The van der Waals surface area contributed by atoms with E-state index in [9.17, 15) is 9.59 Å². The molecule has 0 aliphatic rings. The van der Waals surface area contributed by atoms with Crippen LogP contribution in [0.5, 0.6) is 0 Å². The highest BCUT2D eigenvalue weighted by Crippen LogP contribution is 2.20. The fourth-order valence-electron chi connectivity index (χ4n) is 2.30. The summed E-state index contributed by atoms with van der Waals surface area (Å²) in [5.74, 6) is -0.527. The van der Waals surface area contributed by atoms with Gasteiger partial charge in [0, 0.05) is 33.8 Å². The molecular weight excluding hydrogens is 302 g/mol. The van der Waals surface area contributed by atoms with E-state index < -0.39 is 5.91 Å². The van der Waals surface area contributed by atoms with E-state index in [1.807, 2.05) is 0 Å². The maximum Gasteiger partial charge on any atom is 0.258 e. The van der Waals surface area contributed by atoms with E-state index in [2.05, 4.69) is 4.98 Å². The third-order valence-corrected chi connectivity index (χ3v) is 3.73. The standard InChI is InChI=1S/C16H12ClN3O2/c17-14-3-1-2-13-12(14)5-7-20(16(13)22)9-11-8-10(15(18)21)4-6-19-11/h1-8H,9H2,(H2,18,21). The highest BCUT2D eigenvalue weighted by atomic mass is 35.5. The summed E-state index contributed by atoms with van der Waals surface area (Å²) < 4.78 is 1.52. The molecular formula is C16H12ClN3O2. The lowest BCUT2D eigenvalue weighted by Crippen LogP contribution is -2.21. The van der Waals surface area contributed by atoms with Crippen LogP contribution < -0.4 is 11.3 Å². The van der Waals surface area contributed by atoms with Crippen LogP contribution in [0.3, 0.4) is 0 Å². The smallest absolute Gasteiger partial charge is 0.258 e. The van der Waals surface area contributed by atoms with E-state index in [1.165, 1.54) is 16.8 Å². The molecule has 2 heterocycles. The number of carbonyl (C=O) groups excluding carboxylic acids is 1. The van der Waals surface area contributed by atoms with Crippen molar-refractivity contribution < 1.29 is 4.79 Å². The van der Waals surface area contributed by atoms with Gasteiger partial charge in [0.25, 0.3) is 5.56 Å². The molecule has 5 nitrogen and oxygen atoms in total. The Labute approximate surface area is 131 Å². The molecule has 0 fully saturated rings. The Morgan fingerprint density at radius 2 is 2.05 bits per heavy atom. The maximum atomic E-state index is 12.5. The van der Waals surface area contributed by atoms with E-state index in [0.717, 1.165) is 0 Å². The molecule has 0 unspecified atom stereocenters. The van der Waals surface area contributed by atoms with E-state index in [-0.39, 0.29) is 12.1 Å². The summed E-state index contributed by atoms with van der Waals surface area (Å²) in [5, 5.41) is 1.79. The molecule has 1 aromatic carbocycles. The summed E-state index contributed by atoms with van der Waals surface area (Å²) in [6, 6.07) is 10.1. The largest absolute Gasteiger partial charge is 0.366 e. The van der Waals surface area contributed by atoms with Gasteiger partial charge in [0.15, 0.2) is 0 Å². The van der Waals surface area contributed by atoms with E-state index in [4.69, 9.17) is 17.3 Å². The number of fused-ring (bicyclic) bond motifs is 1. The Hall–Kier alpha value is -2.66. The first-order valence-electron chi connectivity index (χ1n) is 6.58. The first-order valence-corrected chi connectivity index (χ1v) is 6.96. The molecule has 3 rings (SSSR count). The van der Waals surface area contributed by atoms with Crippen LogP contribution in [0.25, 0.3) is 10.8 Å². The van der Waals surface area contributed by atoms with Crippen molar-refractivity contribution in [2.75, 3.05) is 0 Å². The van der Waals surface area contributed by atoms with Crippen molar-refractivity contribution in [2.45, 2.75) is 6.54 Å². The van der Waals surface area contributed by atoms with Crippen LogP contribution in [0.4, 0.5) is 0 Å². The number of aromatic nitrogens is 2. The minimum Gasteiger partial charge on any atom is -0.366 e. The number of amides is 1. The fraction of sp³-hybridized carbons (Fsp3) is 0.0625. The van der Waals surface area contributed by atoms with Gasteiger partial charge in [-0.3, -0.25) is 14.6 Å². The quantitative estimate of drug-likeness (QED) is 0.805. The Morgan fingerprint density at radius 1 is 1.23 bits per heavy atom. The first-order chi connectivity index (χ1) is 10.6. The van der Waals surface area contributed by atoms with E-state index in [0.29, 0.717) is 27.1 Å². The monoisotopic (exact) mass is 313 g/mol. The van der Waals surface area contributed by atoms with Crippen molar-refractivity contribution in [3.05, 3.63) is 75.4 Å². The van der Waals surface area contributed by atoms with Gasteiger partial charge >= 0.3 is 0 Å². The maximum absolute atomic E-state index is 12.5. The molecule has 6 heteroatoms. The van der Waals surface area contributed by atoms with Crippen LogP contribution >= 0.6 is 11.6 Å². The Morgan fingerprint density at radius 3 is 2.82 bits per heavy atom. The van der Waals surface area contributed by atoms with Crippen molar-refractivity contribution in [2.24, 2.45) is 5.73 Å². The number of primary amides is 1. The Kier molecular flexibility index (Phi) is 3.65. The van der Waals surface area contributed by atoms with Gasteiger partial charge in [-0.05, 0) is 30.3 Å². The number of hydrogen-bond donors (Lipinski definition) is 1. The molecule has 22 heavy (non-hydrogen) atoms. The molecule has 1 amide bonds. The van der Waals surface area contributed by atoms with Crippen LogP contribution in [-0.2, 0) is 6.54 Å². The van der Waals surface area contributed by atoms with Gasteiger partial charge in [0.1, 0.15) is 0 Å². The number of pyridine rings is 2. The van der Waals surface area contributed by atoms with E-state index >= 15 is 0 Å². The fourth-order valence-corrected chi connectivity index (χ4v) is 2.53. The minimum atomic E-state index is -0.527. The second-order valence-corrected chi connectivity index (χ2v) is 5.26. The Balaban J connectivity index is 2.05. The zero-order chi connectivity index (χ0) is 15.7. The minimum absolute atomic E-state index is 0.161. The van der Waals surface area contributed by atoms with Gasteiger partial charge in [0.05, 0.1) is 12.2 Å². The van der Waals surface area contributed by atoms with Crippen molar-refractivity contribution in [3.63, 3.8) is 0 Å². The molecule has 2 N–H and O–H groups in total. The Bertz CT molecular complexity index is 934. The van der Waals surface area contributed by atoms with Crippen molar-refractivity contribution in [1.82, 2.24) is 9.55 Å². The lowest BCUT2D eigenvalue weighted by Gasteiger charge is -2.08. The normalized spacial score (nSPS) is 10.8. The average molecular weight is 314 g/mol. The summed E-state index contributed by atoms with van der Waals surface area (Å²) in [4.78, 5) is 27.8. The van der Waals surface area contributed by atoms with Gasteiger partial charge in [-0.1, -0.05) is 17.7 Å². The number of hydrogen-bond acceptors (Lipinski definition) is 3. The summed E-state index contributed by atoms with van der Waals surface area (Å²) >= 11 is 6.09. The second kappa shape index (κ2) is 5.61. The molecule has 0 aliphatic carbocycles. The van der Waals surface area contributed by atoms with Gasteiger partial charge in [0.2, 0.25) is 5.91 Å². The van der Waals surface area contributed by atoms with Gasteiger partial charge < -0.3 is 10.3 Å². The predicted octanol–water partition coefficient (Wildman–Crippen LogP) is 2.20. The lowest BCUT2D eigenvalue weighted by molar-refractivity contribution is 0.1000. The van der Waals surface area contributed by atoms with Crippen molar-refractivity contribution in [1.29, 1.82) is 0 Å². The third kappa shape index (κ3) is 2.58. The SMILES string of the molecule is NC(=O)c1ccnc(Cn2ccc3c(Cl)cccc3c2=O)c1. The zero-order valence-electron chi connectivity index (χ0n) is 11.5. The van der Waals surface area contributed by atoms with Crippen LogP contribution in [0.2, 0.25) is 5.02 Å². The summed E-state index contributed by atoms with van der Waals surface area (Å²) in [7, 11) is 0. The number of nitrogens with zero attached hydrogens (tertiary/aromatic N) is 2. The molecule has 0 saturated carbocycles. The van der Waals surface area contributed by atoms with E-state index in [1.54, 1.807) is 36.5 Å². The topological polar surface area (TPSA) is 78.0 Å². The first kappa shape index (κ1) is 14.3. The number of nitrogens with two attached hydrogens (primary N) is 1. The van der Waals surface area contributed by atoms with Crippen LogP contribution in [0.15, 0.2) is 53.6 Å². The molecule has 0 radical (unpaired) electrons. The molecule has 0 spiro atoms. The molecule has 0 atom stereocenters. The number of halogens is 1. The molecule has 0 aliphatic heterocycles. The number of carbonyl (C=O) groups is 1. The summed E-state index contributed by atoms with van der Waals surface area (Å²) in [5.41, 5.74) is 6.03. The summed E-state index contributed by atoms with van der Waals surface area (Å²) in [6.45, 7) is 0.252. The highest BCUT2D eigenvalue weighted by Gasteiger charge is 2.08. The molecule has 110 valence electrons. The van der Waals surface area contributed by atoms with Gasteiger partial charge in [-0.2, -0.15) is 0 Å². The predicted molar refractivity (Wildman–Crippen MR) is 85.1 cm³/mol. The lowest BCUT2D eigenvalue weighted by atomic mass is 10.1. The van der Waals surface area contributed by atoms with Gasteiger partial charge in [-0.25, -0.2) is 0 Å². The van der Waals surface area contributed by atoms with Crippen LogP contribution in [0.1, 0.15) is 16.1 Å². The van der Waals surface area contributed by atoms with Crippen LogP contribution in [0, 0.1) is 0 Å². The highest BCUT2D eigenvalue weighted by molar-refractivity contribution is 6.35. The van der Waals surface area contributed by atoms with Crippen molar-refractivity contribution in [3.8, 4) is 0 Å². The molecule has 3 aromatic rings. The summed E-state index contributed by atoms with van der Waals surface area (Å²) in [6.07, 6.45) is 3.16. The average Bonchev–Trinajstić information content (AvgIpc) is 2.51. The third-order valence-electron chi connectivity index (χ3n) is 3.40. The number of benzene rings is 1. The zero-order valence-corrected chi connectivity index (χ0v) is 12.2. The van der Waals surface area contributed by atoms with Gasteiger partial charge in [-0.15, -0.1) is 0 Å². The molecule has 2 aromatic heterocycles. The number of rotatable bonds is 3. The van der Waals surface area contributed by atoms with Crippen LogP contribution in [-0.4, -0.2) is 15.5 Å². The van der Waals surface area contributed by atoms with Crippen molar-refractivity contribution >= 4 is 28.3 Å². The molecule has 0 saturated heterocycles. The molecule has 0 bridgehead atoms.